The van der Waals surface area contributed by atoms with Crippen LogP contribution < -0.4 is 4.89 Å². The first-order chi connectivity index (χ1) is 26.5. The summed E-state index contributed by atoms with van der Waals surface area (Å²) in [4.78, 5) is 37.5. The highest BCUT2D eigenvalue weighted by Crippen LogP contribution is 2.38. The average Bonchev–Trinajstić information content (AvgIpc) is 3.13. The van der Waals surface area contributed by atoms with Crippen LogP contribution in [0.3, 0.4) is 0 Å². The molecular weight excluding hydrogens is 713 g/mol. The number of hydrogen-bond donors (Lipinski definition) is 0. The average molecular weight is 796 g/mol. The Morgan fingerprint density at radius 3 is 1.56 bits per heavy atom. The van der Waals surface area contributed by atoms with Crippen LogP contribution in [0.4, 0.5) is 0 Å². The van der Waals surface area contributed by atoms with Gasteiger partial charge in [0.05, 0.1) is 27.7 Å². The quantitative estimate of drug-likeness (QED) is 0.0199. The second-order valence-electron chi connectivity index (χ2n) is 15.7. The molecule has 9 nitrogen and oxygen atoms in total. The molecule has 0 fully saturated rings. The molecule has 10 heteroatoms. The van der Waals surface area contributed by atoms with Gasteiger partial charge in [0.25, 0.3) is 7.82 Å². The van der Waals surface area contributed by atoms with E-state index in [1.54, 1.807) is 0 Å². The van der Waals surface area contributed by atoms with E-state index in [1.807, 2.05) is 21.1 Å². The Morgan fingerprint density at radius 1 is 0.582 bits per heavy atom. The van der Waals surface area contributed by atoms with Crippen LogP contribution >= 0.6 is 7.82 Å². The number of carbonyl (C=O) groups is 2. The second-order valence-corrected chi connectivity index (χ2v) is 17.1. The molecule has 0 aliphatic carbocycles. The molecule has 0 aliphatic heterocycles. The molecule has 0 aromatic heterocycles. The van der Waals surface area contributed by atoms with Crippen molar-refractivity contribution >= 4 is 19.8 Å². The maximum absolute atomic E-state index is 12.7. The molecule has 0 radical (unpaired) electrons. The smallest absolute Gasteiger partial charge is 0.306 e. The van der Waals surface area contributed by atoms with Gasteiger partial charge in [0.1, 0.15) is 19.8 Å². The highest BCUT2D eigenvalue weighted by Gasteiger charge is 2.21. The number of nitrogens with zero attached hydrogens (tertiary/aromatic N) is 1. The third-order valence-corrected chi connectivity index (χ3v) is 10.0. The zero-order chi connectivity index (χ0) is 40.7. The minimum absolute atomic E-state index is 0.0356. The standard InChI is InChI=1S/C45H82NO8P/c1-6-8-10-12-14-16-18-20-22-23-24-26-28-30-32-34-36-38-45(48)54-43(42-53-55(49,50)52-40-39-46(3,4)5)41-51-44(47)37-35-33-31-29-27-25-21-19-17-15-13-11-9-7-2/h8,10,14,16,19-22,43H,6-7,9,11-13,15,17-18,23-42H2,1-5H3/b10-8-,16-14-,21-19-,22-20-. The van der Waals surface area contributed by atoms with Gasteiger partial charge in [-0.3, -0.25) is 14.2 Å². The number of carbonyl (C=O) groups excluding carboxylic acids is 2. The number of quaternary nitrogens is 1. The van der Waals surface area contributed by atoms with Crippen molar-refractivity contribution in [2.45, 2.75) is 180 Å². The minimum Gasteiger partial charge on any atom is -0.756 e. The molecule has 0 saturated heterocycles. The van der Waals surface area contributed by atoms with E-state index in [1.165, 1.54) is 57.8 Å². The fourth-order valence-corrected chi connectivity index (χ4v) is 6.39. The molecule has 0 aliphatic rings. The molecule has 0 N–H and O–H groups in total. The van der Waals surface area contributed by atoms with E-state index in [0.717, 1.165) is 83.5 Å². The molecule has 2 atom stereocenters. The number of esters is 2. The number of phosphoric ester groups is 1. The summed E-state index contributed by atoms with van der Waals surface area (Å²) in [6.45, 7) is 4.08. The van der Waals surface area contributed by atoms with Gasteiger partial charge in [-0.05, 0) is 70.6 Å². The number of phosphoric acid groups is 1. The van der Waals surface area contributed by atoms with Crippen molar-refractivity contribution in [2.24, 2.45) is 0 Å². The van der Waals surface area contributed by atoms with E-state index in [9.17, 15) is 19.0 Å². The van der Waals surface area contributed by atoms with Crippen molar-refractivity contribution in [3.05, 3.63) is 48.6 Å². The lowest BCUT2D eigenvalue weighted by molar-refractivity contribution is -0.870. The first kappa shape index (κ1) is 53.0. The number of rotatable bonds is 39. The topological polar surface area (TPSA) is 111 Å². The lowest BCUT2D eigenvalue weighted by Gasteiger charge is -2.28. The Morgan fingerprint density at radius 2 is 1.04 bits per heavy atom. The Kier molecular flexibility index (Phi) is 36.2. The van der Waals surface area contributed by atoms with Crippen LogP contribution in [-0.4, -0.2) is 70.0 Å². The Bertz CT molecular complexity index is 1080. The van der Waals surface area contributed by atoms with Gasteiger partial charge in [-0.25, -0.2) is 0 Å². The molecule has 0 amide bonds. The van der Waals surface area contributed by atoms with E-state index in [0.29, 0.717) is 17.4 Å². The monoisotopic (exact) mass is 796 g/mol. The van der Waals surface area contributed by atoms with E-state index in [2.05, 4.69) is 62.5 Å². The Labute approximate surface area is 337 Å². The highest BCUT2D eigenvalue weighted by molar-refractivity contribution is 7.45. The molecular formula is C45H82NO8P. The van der Waals surface area contributed by atoms with E-state index < -0.39 is 32.5 Å². The summed E-state index contributed by atoms with van der Waals surface area (Å²) in [6.07, 6.45) is 42.7. The number of allylic oxidation sites excluding steroid dienone is 8. The van der Waals surface area contributed by atoms with Crippen molar-refractivity contribution in [1.29, 1.82) is 0 Å². The zero-order valence-corrected chi connectivity index (χ0v) is 36.8. The lowest BCUT2D eigenvalue weighted by Crippen LogP contribution is -2.37. The van der Waals surface area contributed by atoms with Crippen molar-refractivity contribution in [1.82, 2.24) is 0 Å². The summed E-state index contributed by atoms with van der Waals surface area (Å²) in [5, 5.41) is 0. The summed E-state index contributed by atoms with van der Waals surface area (Å²) < 4.78 is 33.9. The van der Waals surface area contributed by atoms with Gasteiger partial charge in [-0.2, -0.15) is 0 Å². The molecule has 0 heterocycles. The zero-order valence-electron chi connectivity index (χ0n) is 35.9. The normalized spacial score (nSPS) is 14.1. The summed E-state index contributed by atoms with van der Waals surface area (Å²) in [6, 6.07) is 0. The highest BCUT2D eigenvalue weighted by atomic mass is 31.2. The third kappa shape index (κ3) is 41.4. The first-order valence-corrected chi connectivity index (χ1v) is 23.3. The molecule has 0 spiro atoms. The van der Waals surface area contributed by atoms with E-state index >= 15 is 0 Å². The van der Waals surface area contributed by atoms with Gasteiger partial charge in [-0.15, -0.1) is 0 Å². The molecule has 55 heavy (non-hydrogen) atoms. The van der Waals surface area contributed by atoms with Crippen LogP contribution in [0.25, 0.3) is 0 Å². The minimum atomic E-state index is -4.63. The Hall–Kier alpha value is -2.03. The van der Waals surface area contributed by atoms with E-state index in [-0.39, 0.29) is 26.1 Å². The van der Waals surface area contributed by atoms with Gasteiger partial charge in [0.15, 0.2) is 6.10 Å². The molecule has 0 saturated carbocycles. The summed E-state index contributed by atoms with van der Waals surface area (Å²) >= 11 is 0. The lowest BCUT2D eigenvalue weighted by atomic mass is 10.1. The van der Waals surface area contributed by atoms with Crippen LogP contribution in [0.1, 0.15) is 174 Å². The molecule has 0 aromatic rings. The molecule has 0 aromatic carbocycles. The summed E-state index contributed by atoms with van der Waals surface area (Å²) in [5.41, 5.74) is 0. The maximum atomic E-state index is 12.7. The number of ether oxygens (including phenoxy) is 2. The fraction of sp³-hybridized carbons (Fsp3) is 0.778. The molecule has 320 valence electrons. The molecule has 2 unspecified atom stereocenters. The molecule has 0 bridgehead atoms. The Balaban J connectivity index is 4.39. The van der Waals surface area contributed by atoms with Crippen molar-refractivity contribution < 1.29 is 42.1 Å². The summed E-state index contributed by atoms with van der Waals surface area (Å²) in [7, 11) is 1.15. The van der Waals surface area contributed by atoms with Gasteiger partial charge in [-0.1, -0.05) is 140 Å². The maximum Gasteiger partial charge on any atom is 0.306 e. The van der Waals surface area contributed by atoms with Crippen LogP contribution in [-0.2, 0) is 32.7 Å². The van der Waals surface area contributed by atoms with Crippen molar-refractivity contribution in [3.63, 3.8) is 0 Å². The van der Waals surface area contributed by atoms with Crippen LogP contribution in [0, 0.1) is 0 Å². The van der Waals surface area contributed by atoms with Crippen molar-refractivity contribution in [2.75, 3.05) is 47.5 Å². The van der Waals surface area contributed by atoms with Crippen LogP contribution in [0.5, 0.6) is 0 Å². The number of unbranched alkanes of at least 4 members (excludes halogenated alkanes) is 17. The second kappa shape index (κ2) is 37.5. The predicted octanol–water partition coefficient (Wildman–Crippen LogP) is 11.7. The van der Waals surface area contributed by atoms with Gasteiger partial charge in [0, 0.05) is 12.8 Å². The fourth-order valence-electron chi connectivity index (χ4n) is 5.66. The van der Waals surface area contributed by atoms with Gasteiger partial charge < -0.3 is 27.9 Å². The van der Waals surface area contributed by atoms with Gasteiger partial charge >= 0.3 is 11.9 Å². The van der Waals surface area contributed by atoms with Crippen LogP contribution in [0.15, 0.2) is 48.6 Å². The molecule has 0 rings (SSSR count). The van der Waals surface area contributed by atoms with Gasteiger partial charge in [0.2, 0.25) is 0 Å². The van der Waals surface area contributed by atoms with Crippen LogP contribution in [0.2, 0.25) is 0 Å². The van der Waals surface area contributed by atoms with Crippen molar-refractivity contribution in [3.8, 4) is 0 Å². The summed E-state index contributed by atoms with van der Waals surface area (Å²) in [5.74, 6) is -0.858. The largest absolute Gasteiger partial charge is 0.756 e. The predicted molar refractivity (Wildman–Crippen MR) is 227 cm³/mol. The number of hydrogen-bond acceptors (Lipinski definition) is 8. The van der Waals surface area contributed by atoms with E-state index in [4.69, 9.17) is 18.5 Å². The SMILES string of the molecule is CC/C=C\C/C=C\C/C=C\CCCCCCCCCC(=O)OC(COC(=O)CCCCCCC/C=C\CCCCCCC)COP(=O)([O-])OCC[N+](C)(C)C. The first-order valence-electron chi connectivity index (χ1n) is 21.8. The third-order valence-electron chi connectivity index (χ3n) is 9.08. The number of likely N-dealkylation sites (N-methyl/N-ethyl adjacent to an activating group) is 1.